The molecule has 164 valence electrons. The zero-order valence-corrected chi connectivity index (χ0v) is 17.5. The number of benzene rings is 3. The highest BCUT2D eigenvalue weighted by atomic mass is 19.1. The van der Waals surface area contributed by atoms with E-state index in [0.29, 0.717) is 36.6 Å². The molecule has 0 radical (unpaired) electrons. The molecule has 2 amide bonds. The third-order valence-electron chi connectivity index (χ3n) is 5.25. The summed E-state index contributed by atoms with van der Waals surface area (Å²) in [5.41, 5.74) is 3.48. The van der Waals surface area contributed by atoms with Gasteiger partial charge in [-0.2, -0.15) is 0 Å². The SMILES string of the molecule is O=C(NCc1cccc(NC(=O)c2ccc(F)cc2)c1)c1ccc(N2CCOCC2)cc1. The largest absolute Gasteiger partial charge is 0.378 e. The lowest BCUT2D eigenvalue weighted by molar-refractivity contribution is 0.0949. The van der Waals surface area contributed by atoms with Crippen molar-refractivity contribution in [3.05, 3.63) is 95.3 Å². The predicted molar refractivity (Wildman–Crippen MR) is 121 cm³/mol. The van der Waals surface area contributed by atoms with Gasteiger partial charge in [-0.05, 0) is 66.2 Å². The Morgan fingerprint density at radius 3 is 2.25 bits per heavy atom. The van der Waals surface area contributed by atoms with Gasteiger partial charge in [0.2, 0.25) is 0 Å². The van der Waals surface area contributed by atoms with Gasteiger partial charge in [-0.1, -0.05) is 12.1 Å². The molecule has 7 heteroatoms. The first-order valence-corrected chi connectivity index (χ1v) is 10.5. The molecule has 0 atom stereocenters. The smallest absolute Gasteiger partial charge is 0.255 e. The van der Waals surface area contributed by atoms with E-state index in [1.807, 2.05) is 30.3 Å². The molecular formula is C25H24FN3O3. The minimum Gasteiger partial charge on any atom is -0.378 e. The maximum atomic E-state index is 13.0. The minimum absolute atomic E-state index is 0.167. The fraction of sp³-hybridized carbons (Fsp3) is 0.200. The molecule has 4 rings (SSSR count). The van der Waals surface area contributed by atoms with Crippen molar-refractivity contribution in [3.8, 4) is 0 Å². The number of nitrogens with zero attached hydrogens (tertiary/aromatic N) is 1. The van der Waals surface area contributed by atoms with E-state index in [1.165, 1.54) is 24.3 Å². The lowest BCUT2D eigenvalue weighted by atomic mass is 10.1. The normalized spacial score (nSPS) is 13.5. The second-order valence-corrected chi connectivity index (χ2v) is 7.49. The van der Waals surface area contributed by atoms with Crippen molar-refractivity contribution in [2.24, 2.45) is 0 Å². The van der Waals surface area contributed by atoms with Gasteiger partial charge >= 0.3 is 0 Å². The van der Waals surface area contributed by atoms with Crippen LogP contribution in [0.1, 0.15) is 26.3 Å². The van der Waals surface area contributed by atoms with Crippen LogP contribution in [0.15, 0.2) is 72.8 Å². The Morgan fingerprint density at radius 2 is 1.53 bits per heavy atom. The van der Waals surface area contributed by atoms with Crippen LogP contribution in [0.4, 0.5) is 15.8 Å². The first-order chi connectivity index (χ1) is 15.6. The molecule has 1 aliphatic rings. The molecule has 0 saturated carbocycles. The second-order valence-electron chi connectivity index (χ2n) is 7.49. The quantitative estimate of drug-likeness (QED) is 0.620. The zero-order chi connectivity index (χ0) is 22.3. The number of nitrogens with one attached hydrogen (secondary N) is 2. The van der Waals surface area contributed by atoms with Crippen molar-refractivity contribution in [3.63, 3.8) is 0 Å². The predicted octanol–water partition coefficient (Wildman–Crippen LogP) is 3.84. The van der Waals surface area contributed by atoms with Crippen LogP contribution in [0, 0.1) is 5.82 Å². The summed E-state index contributed by atoms with van der Waals surface area (Å²) in [5.74, 6) is -0.888. The molecule has 1 fully saturated rings. The Bertz CT molecular complexity index is 1080. The summed E-state index contributed by atoms with van der Waals surface area (Å²) in [6.07, 6.45) is 0. The highest BCUT2D eigenvalue weighted by Crippen LogP contribution is 2.17. The van der Waals surface area contributed by atoms with Gasteiger partial charge in [0.05, 0.1) is 13.2 Å². The molecule has 0 aromatic heterocycles. The Hall–Kier alpha value is -3.71. The molecule has 0 spiro atoms. The van der Waals surface area contributed by atoms with E-state index in [0.717, 1.165) is 24.3 Å². The van der Waals surface area contributed by atoms with E-state index in [4.69, 9.17) is 4.74 Å². The highest BCUT2D eigenvalue weighted by molar-refractivity contribution is 6.04. The number of halogens is 1. The lowest BCUT2D eigenvalue weighted by Gasteiger charge is -2.28. The summed E-state index contributed by atoms with van der Waals surface area (Å²) in [6, 6.07) is 20.1. The molecule has 1 aliphatic heterocycles. The second kappa shape index (κ2) is 10.1. The van der Waals surface area contributed by atoms with Crippen molar-refractivity contribution in [1.29, 1.82) is 0 Å². The molecule has 0 unspecified atom stereocenters. The molecule has 0 aliphatic carbocycles. The van der Waals surface area contributed by atoms with Gasteiger partial charge < -0.3 is 20.3 Å². The summed E-state index contributed by atoms with van der Waals surface area (Å²) in [6.45, 7) is 3.45. The fourth-order valence-electron chi connectivity index (χ4n) is 3.49. The van der Waals surface area contributed by atoms with Crippen molar-refractivity contribution in [2.75, 3.05) is 36.5 Å². The minimum atomic E-state index is -0.393. The summed E-state index contributed by atoms with van der Waals surface area (Å²) >= 11 is 0. The summed E-state index contributed by atoms with van der Waals surface area (Å²) in [4.78, 5) is 27.1. The number of amides is 2. The van der Waals surface area contributed by atoms with Gasteiger partial charge in [0.1, 0.15) is 5.82 Å². The number of ether oxygens (including phenoxy) is 1. The number of hydrogen-bond acceptors (Lipinski definition) is 4. The van der Waals surface area contributed by atoms with Gasteiger partial charge in [-0.15, -0.1) is 0 Å². The maximum absolute atomic E-state index is 13.0. The van der Waals surface area contributed by atoms with Gasteiger partial charge in [0.15, 0.2) is 0 Å². The molecule has 2 N–H and O–H groups in total. The molecule has 1 saturated heterocycles. The van der Waals surface area contributed by atoms with E-state index in [9.17, 15) is 14.0 Å². The van der Waals surface area contributed by atoms with Crippen LogP contribution < -0.4 is 15.5 Å². The monoisotopic (exact) mass is 433 g/mol. The molecule has 0 bridgehead atoms. The van der Waals surface area contributed by atoms with E-state index in [2.05, 4.69) is 15.5 Å². The number of rotatable bonds is 6. The van der Waals surface area contributed by atoms with E-state index < -0.39 is 5.82 Å². The number of morpholine rings is 1. The van der Waals surface area contributed by atoms with Crippen LogP contribution >= 0.6 is 0 Å². The van der Waals surface area contributed by atoms with Crippen LogP contribution in [0.2, 0.25) is 0 Å². The highest BCUT2D eigenvalue weighted by Gasteiger charge is 2.12. The summed E-state index contributed by atoms with van der Waals surface area (Å²) in [7, 11) is 0. The van der Waals surface area contributed by atoms with Gasteiger partial charge in [0.25, 0.3) is 11.8 Å². The molecule has 3 aromatic carbocycles. The number of anilines is 2. The Morgan fingerprint density at radius 1 is 0.875 bits per heavy atom. The number of carbonyl (C=O) groups excluding carboxylic acids is 2. The summed E-state index contributed by atoms with van der Waals surface area (Å²) < 4.78 is 18.4. The molecule has 6 nitrogen and oxygen atoms in total. The van der Waals surface area contributed by atoms with Crippen molar-refractivity contribution in [1.82, 2.24) is 5.32 Å². The van der Waals surface area contributed by atoms with Crippen LogP contribution in [0.5, 0.6) is 0 Å². The van der Waals surface area contributed by atoms with Crippen LogP contribution in [-0.4, -0.2) is 38.1 Å². The van der Waals surface area contributed by atoms with Crippen molar-refractivity contribution >= 4 is 23.2 Å². The Labute approximate surface area is 186 Å². The first-order valence-electron chi connectivity index (χ1n) is 10.5. The van der Waals surface area contributed by atoms with Crippen LogP contribution in [0.3, 0.4) is 0 Å². The third-order valence-corrected chi connectivity index (χ3v) is 5.25. The lowest BCUT2D eigenvalue weighted by Crippen LogP contribution is -2.36. The molecule has 32 heavy (non-hydrogen) atoms. The van der Waals surface area contributed by atoms with E-state index >= 15 is 0 Å². The molecular weight excluding hydrogens is 409 g/mol. The first kappa shape index (κ1) is 21.5. The Kier molecular flexibility index (Phi) is 6.77. The van der Waals surface area contributed by atoms with Gasteiger partial charge in [0, 0.05) is 42.1 Å². The average molecular weight is 433 g/mol. The van der Waals surface area contributed by atoms with Crippen LogP contribution in [-0.2, 0) is 11.3 Å². The van der Waals surface area contributed by atoms with Crippen molar-refractivity contribution < 1.29 is 18.7 Å². The van der Waals surface area contributed by atoms with E-state index in [-0.39, 0.29) is 11.8 Å². The third kappa shape index (κ3) is 5.50. The molecule has 1 heterocycles. The van der Waals surface area contributed by atoms with Gasteiger partial charge in [-0.3, -0.25) is 9.59 Å². The summed E-state index contributed by atoms with van der Waals surface area (Å²) in [5, 5.41) is 5.69. The molecule has 3 aromatic rings. The van der Waals surface area contributed by atoms with Crippen molar-refractivity contribution in [2.45, 2.75) is 6.54 Å². The Balaban J connectivity index is 1.33. The van der Waals surface area contributed by atoms with E-state index in [1.54, 1.807) is 18.2 Å². The standard InChI is InChI=1S/C25H24FN3O3/c26-21-8-4-20(5-9-21)25(31)28-22-3-1-2-18(16-22)17-27-24(30)19-6-10-23(11-7-19)29-12-14-32-15-13-29/h1-11,16H,12-15,17H2,(H,27,30)(H,28,31). The number of carbonyl (C=O) groups is 2. The number of hydrogen-bond donors (Lipinski definition) is 2. The maximum Gasteiger partial charge on any atom is 0.255 e. The van der Waals surface area contributed by atoms with Gasteiger partial charge in [-0.25, -0.2) is 4.39 Å². The average Bonchev–Trinajstić information content (AvgIpc) is 2.84. The zero-order valence-electron chi connectivity index (χ0n) is 17.5. The van der Waals surface area contributed by atoms with Crippen LogP contribution in [0.25, 0.3) is 0 Å². The topological polar surface area (TPSA) is 70.7 Å². The fourth-order valence-corrected chi connectivity index (χ4v) is 3.49.